The molecule has 5 nitrogen and oxygen atoms in total. The Bertz CT molecular complexity index is 518. The maximum atomic E-state index is 9.87. The molecule has 2 atom stereocenters. The summed E-state index contributed by atoms with van der Waals surface area (Å²) in [6.07, 6.45) is 2.72. The predicted molar refractivity (Wildman–Crippen MR) is 65.7 cm³/mol. The van der Waals surface area contributed by atoms with Gasteiger partial charge in [0.1, 0.15) is 0 Å². The number of aromatic nitrogens is 3. The SMILES string of the molecule is CC(C)c1cc2ncc(C(O)C(C)N)cn2n1. The van der Waals surface area contributed by atoms with Crippen molar-refractivity contribution < 1.29 is 5.11 Å². The van der Waals surface area contributed by atoms with Gasteiger partial charge in [0, 0.05) is 30.1 Å². The molecule has 0 radical (unpaired) electrons. The molecule has 2 aromatic rings. The first-order valence-corrected chi connectivity index (χ1v) is 5.78. The van der Waals surface area contributed by atoms with Crippen LogP contribution in [-0.4, -0.2) is 25.7 Å². The van der Waals surface area contributed by atoms with Gasteiger partial charge in [0.2, 0.25) is 0 Å². The smallest absolute Gasteiger partial charge is 0.155 e. The Labute approximate surface area is 100 Å². The number of rotatable bonds is 3. The van der Waals surface area contributed by atoms with Gasteiger partial charge in [-0.25, -0.2) is 9.50 Å². The van der Waals surface area contributed by atoms with Crippen LogP contribution < -0.4 is 5.73 Å². The van der Waals surface area contributed by atoms with E-state index >= 15 is 0 Å². The largest absolute Gasteiger partial charge is 0.387 e. The van der Waals surface area contributed by atoms with E-state index in [-0.39, 0.29) is 6.04 Å². The zero-order valence-corrected chi connectivity index (χ0v) is 10.3. The topological polar surface area (TPSA) is 76.4 Å². The minimum atomic E-state index is -0.710. The molecule has 2 rings (SSSR count). The van der Waals surface area contributed by atoms with Gasteiger partial charge in [-0.05, 0) is 12.8 Å². The van der Waals surface area contributed by atoms with Gasteiger partial charge < -0.3 is 10.8 Å². The molecular weight excluding hydrogens is 216 g/mol. The molecule has 2 aromatic heterocycles. The van der Waals surface area contributed by atoms with Crippen LogP contribution >= 0.6 is 0 Å². The monoisotopic (exact) mass is 234 g/mol. The van der Waals surface area contributed by atoms with Crippen LogP contribution in [0.25, 0.3) is 5.65 Å². The molecule has 0 amide bonds. The molecule has 3 N–H and O–H groups in total. The molecule has 0 fully saturated rings. The Balaban J connectivity index is 2.43. The van der Waals surface area contributed by atoms with Crippen LogP contribution in [0.5, 0.6) is 0 Å². The van der Waals surface area contributed by atoms with Crippen LogP contribution in [0.1, 0.15) is 44.1 Å². The van der Waals surface area contributed by atoms with Crippen LogP contribution in [0.3, 0.4) is 0 Å². The minimum Gasteiger partial charge on any atom is -0.387 e. The number of nitrogens with two attached hydrogens (primary N) is 1. The second-order valence-electron chi connectivity index (χ2n) is 4.72. The van der Waals surface area contributed by atoms with Crippen LogP contribution in [0.15, 0.2) is 18.5 Å². The van der Waals surface area contributed by atoms with E-state index in [1.54, 1.807) is 23.8 Å². The second kappa shape index (κ2) is 4.43. The third-order valence-electron chi connectivity index (χ3n) is 2.78. The van der Waals surface area contributed by atoms with E-state index in [0.29, 0.717) is 11.5 Å². The highest BCUT2D eigenvalue weighted by molar-refractivity contribution is 5.40. The normalized spacial score (nSPS) is 15.4. The third kappa shape index (κ3) is 2.30. The van der Waals surface area contributed by atoms with Crippen molar-refractivity contribution in [3.05, 3.63) is 29.7 Å². The molecule has 2 heterocycles. The van der Waals surface area contributed by atoms with E-state index in [1.165, 1.54) is 0 Å². The lowest BCUT2D eigenvalue weighted by Crippen LogP contribution is -2.24. The Morgan fingerprint density at radius 3 is 2.65 bits per heavy atom. The van der Waals surface area contributed by atoms with Gasteiger partial charge in [0.05, 0.1) is 11.8 Å². The van der Waals surface area contributed by atoms with Crippen molar-refractivity contribution in [3.8, 4) is 0 Å². The van der Waals surface area contributed by atoms with Crippen molar-refractivity contribution in [2.24, 2.45) is 5.73 Å². The molecule has 92 valence electrons. The lowest BCUT2D eigenvalue weighted by Gasteiger charge is -2.13. The zero-order valence-electron chi connectivity index (χ0n) is 10.3. The maximum Gasteiger partial charge on any atom is 0.155 e. The van der Waals surface area contributed by atoms with Crippen molar-refractivity contribution in [2.45, 2.75) is 38.8 Å². The van der Waals surface area contributed by atoms with Gasteiger partial charge in [0.15, 0.2) is 5.65 Å². The van der Waals surface area contributed by atoms with Crippen LogP contribution in [-0.2, 0) is 0 Å². The Morgan fingerprint density at radius 1 is 1.35 bits per heavy atom. The number of hydrogen-bond acceptors (Lipinski definition) is 4. The number of aliphatic hydroxyl groups is 1. The molecule has 0 spiro atoms. The zero-order chi connectivity index (χ0) is 12.6. The average molecular weight is 234 g/mol. The summed E-state index contributed by atoms with van der Waals surface area (Å²) in [6, 6.07) is 1.63. The van der Waals surface area contributed by atoms with Crippen molar-refractivity contribution in [2.75, 3.05) is 0 Å². The summed E-state index contributed by atoms with van der Waals surface area (Å²) in [5.74, 6) is 0.360. The maximum absolute atomic E-state index is 9.87. The molecule has 2 unspecified atom stereocenters. The Morgan fingerprint density at radius 2 is 2.06 bits per heavy atom. The first-order chi connectivity index (χ1) is 7.99. The van der Waals surface area contributed by atoms with E-state index in [1.807, 2.05) is 6.07 Å². The molecule has 0 saturated carbocycles. The van der Waals surface area contributed by atoms with E-state index < -0.39 is 6.10 Å². The molecule has 0 saturated heterocycles. The predicted octanol–water partition coefficient (Wildman–Crippen LogP) is 1.23. The van der Waals surface area contributed by atoms with Crippen molar-refractivity contribution in [3.63, 3.8) is 0 Å². The quantitative estimate of drug-likeness (QED) is 0.837. The van der Waals surface area contributed by atoms with Gasteiger partial charge in [-0.3, -0.25) is 0 Å². The standard InChI is InChI=1S/C12H18N4O/c1-7(2)10-4-11-14-5-9(6-16(11)15-10)12(17)8(3)13/h4-8,12,17H,13H2,1-3H3. The third-order valence-corrected chi connectivity index (χ3v) is 2.78. The van der Waals surface area contributed by atoms with E-state index in [0.717, 1.165) is 11.3 Å². The second-order valence-corrected chi connectivity index (χ2v) is 4.72. The molecule has 0 aromatic carbocycles. The van der Waals surface area contributed by atoms with Crippen LogP contribution in [0, 0.1) is 0 Å². The van der Waals surface area contributed by atoms with Gasteiger partial charge >= 0.3 is 0 Å². The van der Waals surface area contributed by atoms with Crippen molar-refractivity contribution in [1.29, 1.82) is 0 Å². The van der Waals surface area contributed by atoms with E-state index in [4.69, 9.17) is 5.73 Å². The van der Waals surface area contributed by atoms with Gasteiger partial charge in [0.25, 0.3) is 0 Å². The summed E-state index contributed by atoms with van der Waals surface area (Å²) < 4.78 is 1.69. The molecule has 17 heavy (non-hydrogen) atoms. The fraction of sp³-hybridized carbons (Fsp3) is 0.500. The number of hydrogen-bond donors (Lipinski definition) is 2. The summed E-state index contributed by atoms with van der Waals surface area (Å²) in [5, 5.41) is 14.3. The summed E-state index contributed by atoms with van der Waals surface area (Å²) in [7, 11) is 0. The highest BCUT2D eigenvalue weighted by atomic mass is 16.3. The van der Waals surface area contributed by atoms with Gasteiger partial charge in [-0.2, -0.15) is 5.10 Å². The molecule has 0 aliphatic rings. The fourth-order valence-corrected chi connectivity index (χ4v) is 1.65. The summed E-state index contributed by atoms with van der Waals surface area (Å²) in [5.41, 5.74) is 8.12. The lowest BCUT2D eigenvalue weighted by atomic mass is 10.1. The lowest BCUT2D eigenvalue weighted by molar-refractivity contribution is 0.152. The van der Waals surface area contributed by atoms with E-state index in [2.05, 4.69) is 23.9 Å². The van der Waals surface area contributed by atoms with Crippen LogP contribution in [0.4, 0.5) is 0 Å². The summed E-state index contributed by atoms with van der Waals surface area (Å²) >= 11 is 0. The Hall–Kier alpha value is -1.46. The summed E-state index contributed by atoms with van der Waals surface area (Å²) in [6.45, 7) is 5.93. The highest BCUT2D eigenvalue weighted by Gasteiger charge is 2.14. The first kappa shape index (κ1) is 12.0. The summed E-state index contributed by atoms with van der Waals surface area (Å²) in [4.78, 5) is 4.27. The average Bonchev–Trinajstić information content (AvgIpc) is 2.70. The molecule has 0 bridgehead atoms. The number of nitrogens with zero attached hydrogens (tertiary/aromatic N) is 3. The Kier molecular flexibility index (Phi) is 3.13. The molecule has 0 aliphatic carbocycles. The minimum absolute atomic E-state index is 0.325. The van der Waals surface area contributed by atoms with Crippen molar-refractivity contribution >= 4 is 5.65 Å². The van der Waals surface area contributed by atoms with E-state index in [9.17, 15) is 5.11 Å². The molecule has 0 aliphatic heterocycles. The fourth-order valence-electron chi connectivity index (χ4n) is 1.65. The first-order valence-electron chi connectivity index (χ1n) is 5.78. The van der Waals surface area contributed by atoms with Crippen LogP contribution in [0.2, 0.25) is 0 Å². The molecule has 5 heteroatoms. The highest BCUT2D eigenvalue weighted by Crippen LogP contribution is 2.18. The molecular formula is C12H18N4O. The van der Waals surface area contributed by atoms with Gasteiger partial charge in [-0.15, -0.1) is 0 Å². The number of aliphatic hydroxyl groups excluding tert-OH is 1. The number of fused-ring (bicyclic) bond motifs is 1. The van der Waals surface area contributed by atoms with Crippen molar-refractivity contribution in [1.82, 2.24) is 14.6 Å². The van der Waals surface area contributed by atoms with Gasteiger partial charge in [-0.1, -0.05) is 13.8 Å².